The molecule has 0 saturated heterocycles. The Hall–Kier alpha value is -1.40. The summed E-state index contributed by atoms with van der Waals surface area (Å²) in [5, 5.41) is 0. The van der Waals surface area contributed by atoms with Crippen LogP contribution in [-0.2, 0) is 6.54 Å². The maximum atomic E-state index is 4.95. The Bertz CT molecular complexity index is 872. The molecule has 0 bridgehead atoms. The molecule has 1 aromatic carbocycles. The summed E-state index contributed by atoms with van der Waals surface area (Å²) in [6.45, 7) is 7.37. The topological polar surface area (TPSA) is 17.3 Å². The van der Waals surface area contributed by atoms with Gasteiger partial charge in [0.2, 0.25) is 0 Å². The van der Waals surface area contributed by atoms with Crippen LogP contribution >= 0.6 is 0 Å². The molecule has 3 aromatic rings. The van der Waals surface area contributed by atoms with Crippen molar-refractivity contribution in [2.75, 3.05) is 21.1 Å². The SMILES string of the molecule is Cc1ccn2c(C[N+](C)(C)C)c(-c3ccc(C)c(C)c3)nc2c1.[I-]. The van der Waals surface area contributed by atoms with Crippen LogP contribution in [0.4, 0.5) is 0 Å². The summed E-state index contributed by atoms with van der Waals surface area (Å²) < 4.78 is 3.11. The first-order valence-corrected chi connectivity index (χ1v) is 8.10. The molecule has 3 rings (SSSR count). The molecular weight excluding hydrogens is 409 g/mol. The Kier molecular flexibility index (Phi) is 5.40. The summed E-state index contributed by atoms with van der Waals surface area (Å²) in [7, 11) is 6.66. The molecular formula is C20H26IN3. The monoisotopic (exact) mass is 435 g/mol. The molecule has 2 heterocycles. The number of quaternary nitrogens is 1. The van der Waals surface area contributed by atoms with E-state index in [1.165, 1.54) is 27.9 Å². The number of fused-ring (bicyclic) bond motifs is 1. The van der Waals surface area contributed by atoms with Gasteiger partial charge >= 0.3 is 0 Å². The Morgan fingerprint density at radius 1 is 0.958 bits per heavy atom. The van der Waals surface area contributed by atoms with Crippen LogP contribution < -0.4 is 24.0 Å². The van der Waals surface area contributed by atoms with Crippen LogP contribution in [0, 0.1) is 20.8 Å². The van der Waals surface area contributed by atoms with Gasteiger partial charge in [-0.2, -0.15) is 0 Å². The maximum absolute atomic E-state index is 4.95. The smallest absolute Gasteiger partial charge is 0.138 e. The Balaban J connectivity index is 0.00000208. The summed E-state index contributed by atoms with van der Waals surface area (Å²) in [4.78, 5) is 4.95. The Morgan fingerprint density at radius 3 is 2.29 bits per heavy atom. The highest BCUT2D eigenvalue weighted by atomic mass is 127. The van der Waals surface area contributed by atoms with Gasteiger partial charge in [-0.3, -0.25) is 4.40 Å². The highest BCUT2D eigenvalue weighted by Gasteiger charge is 2.20. The predicted molar refractivity (Wildman–Crippen MR) is 96.6 cm³/mol. The van der Waals surface area contributed by atoms with E-state index in [9.17, 15) is 0 Å². The molecule has 0 N–H and O–H groups in total. The lowest BCUT2D eigenvalue weighted by Crippen LogP contribution is -3.00. The number of rotatable bonds is 3. The van der Waals surface area contributed by atoms with Crippen LogP contribution in [0.15, 0.2) is 36.5 Å². The zero-order valence-corrected chi connectivity index (χ0v) is 17.5. The molecule has 0 aliphatic heterocycles. The van der Waals surface area contributed by atoms with Gasteiger partial charge < -0.3 is 28.5 Å². The fourth-order valence-corrected chi connectivity index (χ4v) is 2.92. The normalized spacial score (nSPS) is 11.6. The van der Waals surface area contributed by atoms with Gasteiger partial charge in [0.05, 0.1) is 26.8 Å². The number of aryl methyl sites for hydroxylation is 3. The van der Waals surface area contributed by atoms with Gasteiger partial charge in [-0.05, 0) is 55.7 Å². The second kappa shape index (κ2) is 6.84. The molecule has 4 heteroatoms. The summed E-state index contributed by atoms with van der Waals surface area (Å²) in [6.07, 6.45) is 2.15. The zero-order chi connectivity index (χ0) is 16.8. The number of pyridine rings is 1. The van der Waals surface area contributed by atoms with Gasteiger partial charge in [-0.25, -0.2) is 4.98 Å². The third kappa shape index (κ3) is 3.81. The molecule has 0 unspecified atom stereocenters. The lowest BCUT2D eigenvalue weighted by atomic mass is 10.0. The predicted octanol–water partition coefficient (Wildman–Crippen LogP) is 1.14. The standard InChI is InChI=1S/C20H26N3.HI/c1-14-9-10-22-18(13-23(4,5)6)20(21-19(22)11-14)17-8-7-15(2)16(3)12-17;/h7-12H,13H2,1-6H3;1H/q+1;/p-1. The van der Waals surface area contributed by atoms with E-state index in [-0.39, 0.29) is 24.0 Å². The third-order valence-electron chi connectivity index (χ3n) is 4.29. The fourth-order valence-electron chi connectivity index (χ4n) is 2.92. The average molecular weight is 435 g/mol. The molecule has 128 valence electrons. The molecule has 24 heavy (non-hydrogen) atoms. The van der Waals surface area contributed by atoms with E-state index < -0.39 is 0 Å². The van der Waals surface area contributed by atoms with Crippen molar-refractivity contribution in [1.82, 2.24) is 9.38 Å². The minimum absolute atomic E-state index is 0. The largest absolute Gasteiger partial charge is 1.00 e. The number of benzene rings is 1. The summed E-state index contributed by atoms with van der Waals surface area (Å²) in [6, 6.07) is 10.9. The van der Waals surface area contributed by atoms with Crippen LogP contribution in [0.1, 0.15) is 22.4 Å². The number of hydrogen-bond donors (Lipinski definition) is 0. The Morgan fingerprint density at radius 2 is 1.67 bits per heavy atom. The number of nitrogens with zero attached hydrogens (tertiary/aromatic N) is 3. The van der Waals surface area contributed by atoms with Gasteiger partial charge in [0.1, 0.15) is 17.9 Å². The molecule has 0 atom stereocenters. The summed E-state index contributed by atoms with van der Waals surface area (Å²) in [5.41, 5.74) is 8.49. The quantitative estimate of drug-likeness (QED) is 0.446. The summed E-state index contributed by atoms with van der Waals surface area (Å²) >= 11 is 0. The van der Waals surface area contributed by atoms with Gasteiger partial charge in [0.15, 0.2) is 0 Å². The minimum atomic E-state index is 0. The Labute approximate surface area is 161 Å². The maximum Gasteiger partial charge on any atom is 0.138 e. The average Bonchev–Trinajstić information content (AvgIpc) is 2.78. The third-order valence-corrected chi connectivity index (χ3v) is 4.29. The summed E-state index contributed by atoms with van der Waals surface area (Å²) in [5.74, 6) is 0. The first-order chi connectivity index (χ1) is 10.7. The van der Waals surface area contributed by atoms with Crippen LogP contribution in [0.3, 0.4) is 0 Å². The van der Waals surface area contributed by atoms with E-state index in [2.05, 4.69) is 82.8 Å². The van der Waals surface area contributed by atoms with Gasteiger partial charge in [-0.15, -0.1) is 0 Å². The van der Waals surface area contributed by atoms with Crippen LogP contribution in [-0.4, -0.2) is 35.0 Å². The van der Waals surface area contributed by atoms with E-state index >= 15 is 0 Å². The van der Waals surface area contributed by atoms with Crippen molar-refractivity contribution in [3.8, 4) is 11.3 Å². The first-order valence-electron chi connectivity index (χ1n) is 8.10. The second-order valence-electron chi connectivity index (χ2n) is 7.59. The minimum Gasteiger partial charge on any atom is -1.00 e. The number of aromatic nitrogens is 2. The van der Waals surface area contributed by atoms with E-state index in [1.807, 2.05) is 0 Å². The second-order valence-corrected chi connectivity index (χ2v) is 7.59. The van der Waals surface area contributed by atoms with Crippen molar-refractivity contribution in [2.45, 2.75) is 27.3 Å². The van der Waals surface area contributed by atoms with Crippen molar-refractivity contribution < 1.29 is 28.5 Å². The van der Waals surface area contributed by atoms with Crippen molar-refractivity contribution in [3.05, 3.63) is 58.9 Å². The molecule has 0 fully saturated rings. The highest BCUT2D eigenvalue weighted by Crippen LogP contribution is 2.28. The van der Waals surface area contributed by atoms with Gasteiger partial charge in [0, 0.05) is 11.8 Å². The van der Waals surface area contributed by atoms with Gasteiger partial charge in [0.25, 0.3) is 0 Å². The molecule has 2 aromatic heterocycles. The fraction of sp³-hybridized carbons (Fsp3) is 0.350. The van der Waals surface area contributed by atoms with E-state index in [0.29, 0.717) is 0 Å². The molecule has 0 amide bonds. The van der Waals surface area contributed by atoms with Crippen molar-refractivity contribution in [2.24, 2.45) is 0 Å². The van der Waals surface area contributed by atoms with E-state index in [1.54, 1.807) is 0 Å². The molecule has 0 saturated carbocycles. The van der Waals surface area contributed by atoms with E-state index in [0.717, 1.165) is 22.4 Å². The number of halogens is 1. The van der Waals surface area contributed by atoms with Crippen molar-refractivity contribution >= 4 is 5.65 Å². The van der Waals surface area contributed by atoms with Crippen LogP contribution in [0.2, 0.25) is 0 Å². The lowest BCUT2D eigenvalue weighted by Gasteiger charge is -2.24. The van der Waals surface area contributed by atoms with Crippen molar-refractivity contribution in [1.29, 1.82) is 0 Å². The first kappa shape index (κ1) is 18.9. The molecule has 0 aliphatic rings. The van der Waals surface area contributed by atoms with Crippen molar-refractivity contribution in [3.63, 3.8) is 0 Å². The van der Waals surface area contributed by atoms with Crippen LogP contribution in [0.25, 0.3) is 16.9 Å². The molecule has 0 spiro atoms. The van der Waals surface area contributed by atoms with E-state index in [4.69, 9.17) is 4.98 Å². The molecule has 3 nitrogen and oxygen atoms in total. The van der Waals surface area contributed by atoms with Crippen LogP contribution in [0.5, 0.6) is 0 Å². The number of hydrogen-bond acceptors (Lipinski definition) is 1. The molecule has 0 aliphatic carbocycles. The molecule has 0 radical (unpaired) electrons. The lowest BCUT2D eigenvalue weighted by molar-refractivity contribution is -0.884. The van der Waals surface area contributed by atoms with Gasteiger partial charge in [-0.1, -0.05) is 12.1 Å². The number of imidazole rings is 1. The highest BCUT2D eigenvalue weighted by molar-refractivity contribution is 5.68. The zero-order valence-electron chi connectivity index (χ0n) is 15.4.